The Morgan fingerprint density at radius 1 is 1.15 bits per heavy atom. The summed E-state index contributed by atoms with van der Waals surface area (Å²) >= 11 is 1.55. The van der Waals surface area contributed by atoms with Gasteiger partial charge in [-0.15, -0.1) is 11.3 Å². The highest BCUT2D eigenvalue weighted by Crippen LogP contribution is 2.29. The van der Waals surface area contributed by atoms with Crippen molar-refractivity contribution in [3.8, 4) is 0 Å². The molecule has 2 aromatic heterocycles. The predicted molar refractivity (Wildman–Crippen MR) is 102 cm³/mol. The van der Waals surface area contributed by atoms with Crippen LogP contribution >= 0.6 is 11.3 Å². The van der Waals surface area contributed by atoms with Crippen molar-refractivity contribution in [1.29, 1.82) is 0 Å². The van der Waals surface area contributed by atoms with Gasteiger partial charge in [-0.2, -0.15) is 0 Å². The minimum absolute atomic E-state index is 0.0621. The second-order valence-corrected chi connectivity index (χ2v) is 7.92. The summed E-state index contributed by atoms with van der Waals surface area (Å²) in [4.78, 5) is 26.2. The van der Waals surface area contributed by atoms with Gasteiger partial charge in [0.1, 0.15) is 17.1 Å². The summed E-state index contributed by atoms with van der Waals surface area (Å²) in [5.41, 5.74) is 3.06. The first kappa shape index (κ1) is 17.0. The van der Waals surface area contributed by atoms with Gasteiger partial charge in [0.25, 0.3) is 0 Å². The Bertz CT molecular complexity index is 1000. The Balaban J connectivity index is 1.55. The fourth-order valence-corrected chi connectivity index (χ4v) is 4.59. The van der Waals surface area contributed by atoms with Crippen molar-refractivity contribution in [2.45, 2.75) is 45.6 Å². The van der Waals surface area contributed by atoms with Gasteiger partial charge in [-0.1, -0.05) is 18.6 Å². The molecule has 0 N–H and O–H groups in total. The molecule has 0 saturated carbocycles. The van der Waals surface area contributed by atoms with E-state index in [2.05, 4.69) is 0 Å². The second-order valence-electron chi connectivity index (χ2n) is 6.79. The van der Waals surface area contributed by atoms with Crippen molar-refractivity contribution < 1.29 is 13.9 Å². The normalized spacial score (nSPS) is 14.0. The predicted octanol–water partition coefficient (Wildman–Crippen LogP) is 4.79. The van der Waals surface area contributed by atoms with Crippen LogP contribution in [0.4, 0.5) is 0 Å². The Hall–Kier alpha value is -2.40. The van der Waals surface area contributed by atoms with Gasteiger partial charge in [-0.3, -0.25) is 0 Å². The first-order chi connectivity index (χ1) is 12.6. The lowest BCUT2D eigenvalue weighted by Gasteiger charge is -2.07. The monoisotopic (exact) mass is 368 g/mol. The summed E-state index contributed by atoms with van der Waals surface area (Å²) in [6.07, 6.45) is 5.72. The molecule has 1 aliphatic carbocycles. The summed E-state index contributed by atoms with van der Waals surface area (Å²) in [5, 5.41) is 0.796. The number of carbonyl (C=O) groups excluding carboxylic acids is 1. The Morgan fingerprint density at radius 3 is 2.88 bits per heavy atom. The molecule has 0 bridgehead atoms. The molecule has 0 unspecified atom stereocenters. The van der Waals surface area contributed by atoms with Crippen molar-refractivity contribution in [3.63, 3.8) is 0 Å². The Kier molecular flexibility index (Phi) is 4.64. The molecule has 0 spiro atoms. The topological polar surface area (TPSA) is 56.5 Å². The van der Waals surface area contributed by atoms with Gasteiger partial charge in [-0.05, 0) is 55.9 Å². The largest absolute Gasteiger partial charge is 0.457 e. The number of thiophene rings is 1. The van der Waals surface area contributed by atoms with Crippen LogP contribution in [0.15, 0.2) is 39.5 Å². The number of ether oxygens (including phenoxy) is 1. The van der Waals surface area contributed by atoms with E-state index >= 15 is 0 Å². The molecule has 26 heavy (non-hydrogen) atoms. The van der Waals surface area contributed by atoms with Gasteiger partial charge in [-0.25, -0.2) is 9.59 Å². The quantitative estimate of drug-likeness (QED) is 0.379. The standard InChI is InChI=1S/C21H20O4S/c1-13-7-8-16-15(11-20(22)25-17(16)9-13)12-24-21(23)19-10-14-5-3-2-4-6-18(14)26-19/h7-11H,2-6,12H2,1H3. The first-order valence-corrected chi connectivity index (χ1v) is 9.74. The molecular weight excluding hydrogens is 348 g/mol. The van der Waals surface area contributed by atoms with E-state index in [1.807, 2.05) is 31.2 Å². The van der Waals surface area contributed by atoms with Gasteiger partial charge >= 0.3 is 11.6 Å². The van der Waals surface area contributed by atoms with Gasteiger partial charge in [0.2, 0.25) is 0 Å². The van der Waals surface area contributed by atoms with Gasteiger partial charge in [0.15, 0.2) is 0 Å². The van der Waals surface area contributed by atoms with E-state index in [9.17, 15) is 9.59 Å². The van der Waals surface area contributed by atoms with Crippen LogP contribution < -0.4 is 5.63 Å². The number of esters is 1. The lowest BCUT2D eigenvalue weighted by molar-refractivity contribution is 0.0479. The average Bonchev–Trinajstić information content (AvgIpc) is 2.89. The van der Waals surface area contributed by atoms with Crippen LogP contribution in [0.1, 0.15) is 50.5 Å². The molecule has 0 saturated heterocycles. The summed E-state index contributed by atoms with van der Waals surface area (Å²) in [7, 11) is 0. The van der Waals surface area contributed by atoms with Gasteiger partial charge < -0.3 is 9.15 Å². The van der Waals surface area contributed by atoms with E-state index in [0.717, 1.165) is 23.8 Å². The molecule has 0 radical (unpaired) electrons. The summed E-state index contributed by atoms with van der Waals surface area (Å²) in [6, 6.07) is 9.04. The molecule has 4 rings (SSSR count). The van der Waals surface area contributed by atoms with E-state index < -0.39 is 5.63 Å². The zero-order valence-electron chi connectivity index (χ0n) is 14.7. The smallest absolute Gasteiger partial charge is 0.348 e. The summed E-state index contributed by atoms with van der Waals surface area (Å²) in [6.45, 7) is 2.00. The molecule has 134 valence electrons. The molecule has 0 aliphatic heterocycles. The SMILES string of the molecule is Cc1ccc2c(COC(=O)c3cc4c(s3)CCCCC4)cc(=O)oc2c1. The lowest BCUT2D eigenvalue weighted by Crippen LogP contribution is -2.07. The zero-order valence-corrected chi connectivity index (χ0v) is 15.5. The lowest BCUT2D eigenvalue weighted by atomic mass is 10.1. The molecule has 2 heterocycles. The van der Waals surface area contributed by atoms with Gasteiger partial charge in [0.05, 0.1) is 0 Å². The van der Waals surface area contributed by atoms with Crippen LogP contribution in [0.5, 0.6) is 0 Å². The number of hydrogen-bond acceptors (Lipinski definition) is 5. The van der Waals surface area contributed by atoms with Crippen molar-refractivity contribution >= 4 is 28.3 Å². The summed E-state index contributed by atoms with van der Waals surface area (Å²) < 4.78 is 10.8. The molecule has 5 heteroatoms. The number of benzene rings is 1. The number of hydrogen-bond donors (Lipinski definition) is 0. The van der Waals surface area contributed by atoms with Crippen molar-refractivity contribution in [2.75, 3.05) is 0 Å². The molecule has 1 aliphatic rings. The number of aryl methyl sites for hydroxylation is 3. The fraction of sp³-hybridized carbons (Fsp3) is 0.333. The minimum Gasteiger partial charge on any atom is -0.457 e. The number of fused-ring (bicyclic) bond motifs is 2. The van der Waals surface area contributed by atoms with Crippen LogP contribution in [0.3, 0.4) is 0 Å². The van der Waals surface area contributed by atoms with E-state index in [0.29, 0.717) is 16.0 Å². The van der Waals surface area contributed by atoms with Crippen molar-refractivity contribution in [3.05, 3.63) is 67.2 Å². The molecule has 3 aromatic rings. The molecule has 0 atom stereocenters. The van der Waals surface area contributed by atoms with Gasteiger partial charge in [0, 0.05) is 21.9 Å². The summed E-state index contributed by atoms with van der Waals surface area (Å²) in [5.74, 6) is -0.323. The van der Waals surface area contributed by atoms with Crippen LogP contribution in [0, 0.1) is 6.92 Å². The third-order valence-electron chi connectivity index (χ3n) is 4.79. The Labute approximate surface area is 155 Å². The van der Waals surface area contributed by atoms with Crippen molar-refractivity contribution in [1.82, 2.24) is 0 Å². The van der Waals surface area contributed by atoms with Crippen LogP contribution in [-0.4, -0.2) is 5.97 Å². The first-order valence-electron chi connectivity index (χ1n) is 8.92. The highest BCUT2D eigenvalue weighted by Gasteiger charge is 2.18. The third-order valence-corrected chi connectivity index (χ3v) is 6.01. The Morgan fingerprint density at radius 2 is 2.00 bits per heavy atom. The maximum atomic E-state index is 12.5. The molecule has 1 aromatic carbocycles. The highest BCUT2D eigenvalue weighted by atomic mass is 32.1. The molecule has 0 fully saturated rings. The second kappa shape index (κ2) is 7.08. The number of carbonyl (C=O) groups is 1. The van der Waals surface area contributed by atoms with E-state index in [1.54, 1.807) is 11.3 Å². The molecule has 0 amide bonds. The number of rotatable bonds is 3. The fourth-order valence-electron chi connectivity index (χ4n) is 3.44. The van der Waals surface area contributed by atoms with E-state index in [1.165, 1.54) is 35.8 Å². The maximum absolute atomic E-state index is 12.5. The van der Waals surface area contributed by atoms with Crippen LogP contribution in [0.2, 0.25) is 0 Å². The third kappa shape index (κ3) is 3.44. The van der Waals surface area contributed by atoms with Crippen LogP contribution in [-0.2, 0) is 24.2 Å². The highest BCUT2D eigenvalue weighted by molar-refractivity contribution is 7.14. The molecule has 4 nitrogen and oxygen atoms in total. The molecular formula is C21H20O4S. The minimum atomic E-state index is -0.433. The van der Waals surface area contributed by atoms with Crippen LogP contribution in [0.25, 0.3) is 11.0 Å². The van der Waals surface area contributed by atoms with E-state index in [-0.39, 0.29) is 12.6 Å². The zero-order chi connectivity index (χ0) is 18.1. The average molecular weight is 368 g/mol. The van der Waals surface area contributed by atoms with E-state index in [4.69, 9.17) is 9.15 Å². The maximum Gasteiger partial charge on any atom is 0.348 e. The van der Waals surface area contributed by atoms with Crippen molar-refractivity contribution in [2.24, 2.45) is 0 Å².